The standard InChI is InChI=1S/C26H28Cl2FN3O5S/c1-36-12-10-31(25(33)22-9-8-19(27)13-23(22)28)15-20-14-30-26(32(20)16-21-6-4-11-37-21)38(34,35)17-18-5-2-3-7-24(18)29/h2-3,5,7-9,13-14,21H,4,6,10-12,15-17H2,1H3/t21-/m1/s1. The Bertz CT molecular complexity index is 1390. The average Bonchev–Trinajstić information content (AvgIpc) is 3.53. The van der Waals surface area contributed by atoms with E-state index in [0.717, 1.165) is 12.8 Å². The van der Waals surface area contributed by atoms with Gasteiger partial charge in [-0.05, 0) is 37.1 Å². The van der Waals surface area contributed by atoms with Crippen LogP contribution in [0.15, 0.2) is 53.8 Å². The molecule has 1 saturated heterocycles. The van der Waals surface area contributed by atoms with Gasteiger partial charge in [-0.3, -0.25) is 4.79 Å². The molecule has 0 bridgehead atoms. The lowest BCUT2D eigenvalue weighted by Gasteiger charge is -2.24. The van der Waals surface area contributed by atoms with Crippen molar-refractivity contribution in [1.29, 1.82) is 0 Å². The first-order valence-electron chi connectivity index (χ1n) is 12.0. The van der Waals surface area contributed by atoms with Gasteiger partial charge in [-0.25, -0.2) is 17.8 Å². The summed E-state index contributed by atoms with van der Waals surface area (Å²) in [7, 11) is -2.51. The molecule has 1 fully saturated rings. The maximum atomic E-state index is 14.3. The van der Waals surface area contributed by atoms with Crippen LogP contribution < -0.4 is 0 Å². The predicted molar refractivity (Wildman–Crippen MR) is 142 cm³/mol. The van der Waals surface area contributed by atoms with Crippen molar-refractivity contribution in [3.63, 3.8) is 0 Å². The molecule has 0 N–H and O–H groups in total. The van der Waals surface area contributed by atoms with E-state index in [1.165, 1.54) is 42.5 Å². The normalized spacial score (nSPS) is 15.6. The smallest absolute Gasteiger partial charge is 0.255 e. The minimum atomic E-state index is -4.03. The number of amides is 1. The quantitative estimate of drug-likeness (QED) is 0.323. The molecule has 1 aliphatic heterocycles. The Kier molecular flexibility index (Phi) is 9.43. The number of carbonyl (C=O) groups is 1. The third-order valence-electron chi connectivity index (χ3n) is 6.26. The Morgan fingerprint density at radius 3 is 2.74 bits per heavy atom. The molecule has 2 aromatic carbocycles. The zero-order valence-electron chi connectivity index (χ0n) is 20.8. The van der Waals surface area contributed by atoms with Crippen LogP contribution in [0.25, 0.3) is 0 Å². The second kappa shape index (κ2) is 12.6. The van der Waals surface area contributed by atoms with Crippen LogP contribution in [0.2, 0.25) is 10.0 Å². The number of carbonyl (C=O) groups excluding carboxylic acids is 1. The van der Waals surface area contributed by atoms with E-state index in [9.17, 15) is 17.6 Å². The number of benzene rings is 2. The van der Waals surface area contributed by atoms with Crippen molar-refractivity contribution in [1.82, 2.24) is 14.5 Å². The molecule has 1 aromatic heterocycles. The van der Waals surface area contributed by atoms with E-state index in [0.29, 0.717) is 17.3 Å². The first kappa shape index (κ1) is 28.5. The topological polar surface area (TPSA) is 90.7 Å². The van der Waals surface area contributed by atoms with E-state index in [2.05, 4.69) is 4.98 Å². The van der Waals surface area contributed by atoms with Crippen LogP contribution >= 0.6 is 23.2 Å². The van der Waals surface area contributed by atoms with Crippen molar-refractivity contribution in [3.05, 3.63) is 81.3 Å². The molecule has 38 heavy (non-hydrogen) atoms. The highest BCUT2D eigenvalue weighted by Crippen LogP contribution is 2.26. The second-order valence-corrected chi connectivity index (χ2v) is 11.7. The number of hydrogen-bond donors (Lipinski definition) is 0. The molecule has 0 saturated carbocycles. The summed E-state index contributed by atoms with van der Waals surface area (Å²) in [6, 6.07) is 10.3. The van der Waals surface area contributed by atoms with Crippen LogP contribution in [-0.4, -0.2) is 61.7 Å². The summed E-state index contributed by atoms with van der Waals surface area (Å²) in [5.74, 6) is -1.52. The van der Waals surface area contributed by atoms with Crippen LogP contribution in [-0.2, 0) is 38.2 Å². The highest BCUT2D eigenvalue weighted by Gasteiger charge is 2.29. The number of rotatable bonds is 11. The SMILES string of the molecule is COCCN(Cc1cnc(S(=O)(=O)Cc2ccccc2F)n1C[C@H]1CCCO1)C(=O)c1ccc(Cl)cc1Cl. The Labute approximate surface area is 231 Å². The van der Waals surface area contributed by atoms with Gasteiger partial charge in [0, 0.05) is 30.8 Å². The molecule has 0 unspecified atom stereocenters. The van der Waals surface area contributed by atoms with E-state index in [1.54, 1.807) is 22.8 Å². The molecule has 4 rings (SSSR count). The minimum Gasteiger partial charge on any atom is -0.383 e. The molecule has 12 heteroatoms. The van der Waals surface area contributed by atoms with Gasteiger partial charge in [0.15, 0.2) is 0 Å². The molecule has 1 amide bonds. The van der Waals surface area contributed by atoms with E-state index in [1.807, 2.05) is 0 Å². The molecule has 204 valence electrons. The minimum absolute atomic E-state index is 0.0378. The maximum Gasteiger partial charge on any atom is 0.255 e. The van der Waals surface area contributed by atoms with E-state index >= 15 is 0 Å². The van der Waals surface area contributed by atoms with Crippen molar-refractivity contribution < 1.29 is 27.1 Å². The number of halogens is 3. The van der Waals surface area contributed by atoms with Crippen LogP contribution in [0.5, 0.6) is 0 Å². The van der Waals surface area contributed by atoms with Gasteiger partial charge in [0.25, 0.3) is 5.91 Å². The average molecular weight is 584 g/mol. The van der Waals surface area contributed by atoms with Gasteiger partial charge in [0.1, 0.15) is 5.82 Å². The third kappa shape index (κ3) is 6.73. The maximum absolute atomic E-state index is 14.3. The fraction of sp³-hybridized carbons (Fsp3) is 0.385. The predicted octanol–water partition coefficient (Wildman–Crippen LogP) is 4.77. The molecular formula is C26H28Cl2FN3O5S. The van der Waals surface area contributed by atoms with Gasteiger partial charge >= 0.3 is 0 Å². The lowest BCUT2D eigenvalue weighted by atomic mass is 10.2. The zero-order chi connectivity index (χ0) is 27.3. The molecule has 3 aromatic rings. The molecule has 1 atom stereocenters. The van der Waals surface area contributed by atoms with Gasteiger partial charge in [-0.2, -0.15) is 0 Å². The first-order chi connectivity index (χ1) is 18.2. The van der Waals surface area contributed by atoms with Gasteiger partial charge in [0.05, 0.1) is 54.0 Å². The summed E-state index contributed by atoms with van der Waals surface area (Å²) in [5, 5.41) is 0.398. The first-order valence-corrected chi connectivity index (χ1v) is 14.5. The van der Waals surface area contributed by atoms with Crippen molar-refractivity contribution >= 4 is 38.9 Å². The Hall–Kier alpha value is -2.50. The highest BCUT2D eigenvalue weighted by atomic mass is 35.5. The van der Waals surface area contributed by atoms with E-state index in [-0.39, 0.29) is 59.6 Å². The summed E-state index contributed by atoms with van der Waals surface area (Å²) < 4.78 is 53.7. The number of hydrogen-bond acceptors (Lipinski definition) is 6. The summed E-state index contributed by atoms with van der Waals surface area (Å²) in [6.45, 7) is 1.32. The number of nitrogens with zero attached hydrogens (tertiary/aromatic N) is 3. The van der Waals surface area contributed by atoms with Crippen LogP contribution in [0.4, 0.5) is 4.39 Å². The Balaban J connectivity index is 1.69. The largest absolute Gasteiger partial charge is 0.383 e. The van der Waals surface area contributed by atoms with Gasteiger partial charge in [0.2, 0.25) is 15.0 Å². The molecule has 2 heterocycles. The monoisotopic (exact) mass is 583 g/mol. The molecule has 0 spiro atoms. The van der Waals surface area contributed by atoms with Gasteiger partial charge < -0.3 is 18.9 Å². The van der Waals surface area contributed by atoms with Gasteiger partial charge in [-0.15, -0.1) is 0 Å². The number of methoxy groups -OCH3 is 1. The van der Waals surface area contributed by atoms with Crippen LogP contribution in [0, 0.1) is 5.82 Å². The molecular weight excluding hydrogens is 556 g/mol. The van der Waals surface area contributed by atoms with Crippen molar-refractivity contribution in [2.45, 2.75) is 42.9 Å². The van der Waals surface area contributed by atoms with Crippen LogP contribution in [0.1, 0.15) is 34.5 Å². The third-order valence-corrected chi connectivity index (χ3v) is 8.38. The number of sulfone groups is 1. The van der Waals surface area contributed by atoms with Crippen molar-refractivity contribution in [2.24, 2.45) is 0 Å². The Morgan fingerprint density at radius 1 is 1.26 bits per heavy atom. The van der Waals surface area contributed by atoms with Gasteiger partial charge in [-0.1, -0.05) is 41.4 Å². The molecule has 8 nitrogen and oxygen atoms in total. The van der Waals surface area contributed by atoms with E-state index < -0.39 is 21.4 Å². The zero-order valence-corrected chi connectivity index (χ0v) is 23.1. The number of ether oxygens (including phenoxy) is 2. The van der Waals surface area contributed by atoms with E-state index in [4.69, 9.17) is 32.7 Å². The summed E-state index contributed by atoms with van der Waals surface area (Å²) in [6.07, 6.45) is 2.84. The molecule has 0 aliphatic carbocycles. The molecule has 0 radical (unpaired) electrons. The fourth-order valence-electron chi connectivity index (χ4n) is 4.32. The highest BCUT2D eigenvalue weighted by molar-refractivity contribution is 7.90. The number of aromatic nitrogens is 2. The lowest BCUT2D eigenvalue weighted by molar-refractivity contribution is 0.0668. The lowest BCUT2D eigenvalue weighted by Crippen LogP contribution is -2.35. The van der Waals surface area contributed by atoms with Crippen LogP contribution in [0.3, 0.4) is 0 Å². The number of imidazole rings is 1. The summed E-state index contributed by atoms with van der Waals surface area (Å²) in [5.41, 5.74) is 0.793. The van der Waals surface area contributed by atoms with Crippen molar-refractivity contribution in [3.8, 4) is 0 Å². The summed E-state index contributed by atoms with van der Waals surface area (Å²) in [4.78, 5) is 19.2. The molecule has 1 aliphatic rings. The fourth-order valence-corrected chi connectivity index (χ4v) is 6.32. The van der Waals surface area contributed by atoms with Crippen molar-refractivity contribution in [2.75, 3.05) is 26.9 Å². The Morgan fingerprint density at radius 2 is 2.05 bits per heavy atom. The summed E-state index contributed by atoms with van der Waals surface area (Å²) >= 11 is 12.3. The second-order valence-electron chi connectivity index (χ2n) is 8.97.